The molecule has 0 saturated heterocycles. The van der Waals surface area contributed by atoms with Gasteiger partial charge < -0.3 is 11.1 Å². The van der Waals surface area contributed by atoms with Crippen LogP contribution in [-0.2, 0) is 10.8 Å². The fourth-order valence-electron chi connectivity index (χ4n) is 1.12. The highest BCUT2D eigenvalue weighted by molar-refractivity contribution is 7.84. The number of halogens is 1. The van der Waals surface area contributed by atoms with Crippen LogP contribution in [0, 0.1) is 0 Å². The molecule has 1 rings (SSSR count). The van der Waals surface area contributed by atoms with Crippen molar-refractivity contribution in [3.8, 4) is 0 Å². The number of aromatic nitrogens is 1. The van der Waals surface area contributed by atoms with Crippen molar-refractivity contribution in [2.75, 3.05) is 23.8 Å². The number of rotatable bonds is 5. The fourth-order valence-corrected chi connectivity index (χ4v) is 1.93. The van der Waals surface area contributed by atoms with E-state index in [9.17, 15) is 9.00 Å². The van der Waals surface area contributed by atoms with Gasteiger partial charge in [-0.2, -0.15) is 0 Å². The predicted molar refractivity (Wildman–Crippen MR) is 69.5 cm³/mol. The van der Waals surface area contributed by atoms with E-state index in [1.807, 2.05) is 6.92 Å². The molecule has 0 aliphatic carbocycles. The summed E-state index contributed by atoms with van der Waals surface area (Å²) in [4.78, 5) is 15.5. The van der Waals surface area contributed by atoms with E-state index in [4.69, 9.17) is 17.3 Å². The molecule has 1 amide bonds. The molecule has 0 aromatic carbocycles. The Morgan fingerprint density at radius 1 is 1.59 bits per heavy atom. The Balaban J connectivity index is 2.58. The van der Waals surface area contributed by atoms with Crippen molar-refractivity contribution >= 4 is 34.1 Å². The first-order valence-corrected chi connectivity index (χ1v) is 6.96. The Morgan fingerprint density at radius 3 is 2.94 bits per heavy atom. The second-order valence-corrected chi connectivity index (χ2v) is 5.53. The van der Waals surface area contributed by atoms with Gasteiger partial charge in [-0.05, 0) is 12.1 Å². The van der Waals surface area contributed by atoms with Gasteiger partial charge in [0.05, 0.1) is 5.02 Å². The highest BCUT2D eigenvalue weighted by Gasteiger charge is 2.12. The first-order chi connectivity index (χ1) is 8.04. The Bertz CT molecular complexity index is 440. The van der Waals surface area contributed by atoms with Crippen molar-refractivity contribution in [3.05, 3.63) is 22.8 Å². The summed E-state index contributed by atoms with van der Waals surface area (Å²) in [5.74, 6) is 0.821. The van der Waals surface area contributed by atoms with Crippen LogP contribution >= 0.6 is 11.6 Å². The largest absolute Gasteiger partial charge is 0.384 e. The predicted octanol–water partition coefficient (Wildman–Crippen LogP) is 0.816. The van der Waals surface area contributed by atoms with Gasteiger partial charge in [0.15, 0.2) is 0 Å². The van der Waals surface area contributed by atoms with Gasteiger partial charge in [-0.15, -0.1) is 0 Å². The number of hydrogen-bond donors (Lipinski definition) is 2. The number of pyridine rings is 1. The number of nitrogens with zero attached hydrogens (tertiary/aromatic N) is 1. The van der Waals surface area contributed by atoms with Crippen LogP contribution in [0.1, 0.15) is 17.4 Å². The second-order valence-electron chi connectivity index (χ2n) is 3.26. The summed E-state index contributed by atoms with van der Waals surface area (Å²) in [6.45, 7) is 2.15. The quantitative estimate of drug-likeness (QED) is 0.833. The van der Waals surface area contributed by atoms with Gasteiger partial charge in [0, 0.05) is 28.9 Å². The van der Waals surface area contributed by atoms with Crippen LogP contribution < -0.4 is 11.1 Å². The molecule has 0 aliphatic rings. The van der Waals surface area contributed by atoms with E-state index in [1.165, 1.54) is 12.1 Å². The molecular weight excluding hydrogens is 262 g/mol. The lowest BCUT2D eigenvalue weighted by molar-refractivity contribution is 0.0951. The van der Waals surface area contributed by atoms with Crippen LogP contribution in [0.15, 0.2) is 12.1 Å². The van der Waals surface area contributed by atoms with Gasteiger partial charge in [0.25, 0.3) is 5.91 Å². The lowest BCUT2D eigenvalue weighted by Gasteiger charge is -2.06. The summed E-state index contributed by atoms with van der Waals surface area (Å²) in [5.41, 5.74) is 5.56. The minimum Gasteiger partial charge on any atom is -0.384 e. The summed E-state index contributed by atoms with van der Waals surface area (Å²) in [7, 11) is -0.902. The minimum atomic E-state index is -0.902. The van der Waals surface area contributed by atoms with Gasteiger partial charge in [0.1, 0.15) is 11.5 Å². The average Bonchev–Trinajstić information content (AvgIpc) is 2.31. The van der Waals surface area contributed by atoms with Crippen molar-refractivity contribution < 1.29 is 9.00 Å². The van der Waals surface area contributed by atoms with E-state index in [0.29, 0.717) is 18.1 Å². The number of nitrogens with one attached hydrogen (secondary N) is 1. The number of hydrogen-bond acceptors (Lipinski definition) is 4. The maximum absolute atomic E-state index is 11.7. The normalized spacial score (nSPS) is 12.1. The van der Waals surface area contributed by atoms with Gasteiger partial charge in [-0.25, -0.2) is 4.98 Å². The topological polar surface area (TPSA) is 85.1 Å². The third-order valence-corrected chi connectivity index (χ3v) is 3.63. The number of anilines is 1. The smallest absolute Gasteiger partial charge is 0.271 e. The van der Waals surface area contributed by atoms with Gasteiger partial charge in [-0.3, -0.25) is 9.00 Å². The standard InChI is InChI=1S/C10H14ClN3O2S/c1-2-17(16)6-5-13-10(15)9-7(11)3-4-8(12)14-9/h3-4H,2,5-6H2,1H3,(H2,12,14)(H,13,15). The summed E-state index contributed by atoms with van der Waals surface area (Å²) >= 11 is 5.82. The van der Waals surface area contributed by atoms with Crippen molar-refractivity contribution in [3.63, 3.8) is 0 Å². The molecule has 94 valence electrons. The second kappa shape index (κ2) is 6.56. The summed E-state index contributed by atoms with van der Waals surface area (Å²) in [5, 5.41) is 2.84. The van der Waals surface area contributed by atoms with Crippen LogP contribution in [0.25, 0.3) is 0 Å². The molecule has 1 heterocycles. The van der Waals surface area contributed by atoms with Crippen molar-refractivity contribution in [2.45, 2.75) is 6.92 Å². The molecular formula is C10H14ClN3O2S. The van der Waals surface area contributed by atoms with E-state index in [1.54, 1.807) is 0 Å². The number of nitrogen functional groups attached to an aromatic ring is 1. The summed E-state index contributed by atoms with van der Waals surface area (Å²) in [6.07, 6.45) is 0. The average molecular weight is 276 g/mol. The molecule has 1 aromatic heterocycles. The SMILES string of the molecule is CCS(=O)CCNC(=O)c1nc(N)ccc1Cl. The van der Waals surface area contributed by atoms with Crippen LogP contribution in [-0.4, -0.2) is 33.2 Å². The van der Waals surface area contributed by atoms with Crippen LogP contribution in [0.2, 0.25) is 5.02 Å². The molecule has 1 unspecified atom stereocenters. The van der Waals surface area contributed by atoms with Crippen molar-refractivity contribution in [1.29, 1.82) is 0 Å². The molecule has 0 fully saturated rings. The number of amides is 1. The number of carbonyl (C=O) groups excluding carboxylic acids is 1. The zero-order chi connectivity index (χ0) is 12.8. The van der Waals surface area contributed by atoms with Crippen LogP contribution in [0.4, 0.5) is 5.82 Å². The van der Waals surface area contributed by atoms with Gasteiger partial charge >= 0.3 is 0 Å². The Kier molecular flexibility index (Phi) is 5.37. The van der Waals surface area contributed by atoms with Gasteiger partial charge in [0.2, 0.25) is 0 Å². The Hall–Kier alpha value is -1.14. The molecule has 0 bridgehead atoms. The molecule has 3 N–H and O–H groups in total. The van der Waals surface area contributed by atoms with Gasteiger partial charge in [-0.1, -0.05) is 18.5 Å². The number of carbonyl (C=O) groups is 1. The highest BCUT2D eigenvalue weighted by Crippen LogP contribution is 2.14. The molecule has 7 heteroatoms. The number of nitrogens with two attached hydrogens (primary N) is 1. The Labute approximate surface area is 107 Å². The zero-order valence-corrected chi connectivity index (χ0v) is 11.0. The first-order valence-electron chi connectivity index (χ1n) is 5.09. The van der Waals surface area contributed by atoms with E-state index in [-0.39, 0.29) is 16.5 Å². The molecule has 0 saturated carbocycles. The molecule has 0 aliphatic heterocycles. The van der Waals surface area contributed by atoms with Crippen LogP contribution in [0.5, 0.6) is 0 Å². The zero-order valence-electron chi connectivity index (χ0n) is 9.40. The third kappa shape index (κ3) is 4.32. The Morgan fingerprint density at radius 2 is 2.29 bits per heavy atom. The van der Waals surface area contributed by atoms with Crippen molar-refractivity contribution in [2.24, 2.45) is 0 Å². The maximum Gasteiger partial charge on any atom is 0.271 e. The molecule has 17 heavy (non-hydrogen) atoms. The summed E-state index contributed by atoms with van der Waals surface area (Å²) < 4.78 is 11.1. The van der Waals surface area contributed by atoms with Crippen molar-refractivity contribution in [1.82, 2.24) is 10.3 Å². The lowest BCUT2D eigenvalue weighted by Crippen LogP contribution is -2.29. The summed E-state index contributed by atoms with van der Waals surface area (Å²) in [6, 6.07) is 3.04. The molecule has 5 nitrogen and oxygen atoms in total. The fraction of sp³-hybridized carbons (Fsp3) is 0.400. The minimum absolute atomic E-state index is 0.0916. The van der Waals surface area contributed by atoms with E-state index >= 15 is 0 Å². The molecule has 0 spiro atoms. The van der Waals surface area contributed by atoms with E-state index < -0.39 is 16.7 Å². The monoisotopic (exact) mass is 275 g/mol. The first kappa shape index (κ1) is 13.9. The van der Waals surface area contributed by atoms with Crippen LogP contribution in [0.3, 0.4) is 0 Å². The molecule has 1 atom stereocenters. The maximum atomic E-state index is 11.7. The molecule has 1 aromatic rings. The third-order valence-electron chi connectivity index (χ3n) is 2.02. The van der Waals surface area contributed by atoms with E-state index in [2.05, 4.69) is 10.3 Å². The van der Waals surface area contributed by atoms with E-state index in [0.717, 1.165) is 0 Å². The lowest BCUT2D eigenvalue weighted by atomic mass is 10.3. The highest BCUT2D eigenvalue weighted by atomic mass is 35.5. The molecule has 0 radical (unpaired) electrons.